The lowest BCUT2D eigenvalue weighted by molar-refractivity contribution is 0.366. The molecule has 0 spiro atoms. The van der Waals surface area contributed by atoms with Gasteiger partial charge in [0.05, 0.1) is 5.69 Å². The molecule has 0 fully saturated rings. The number of rotatable bonds is 3. The van der Waals surface area contributed by atoms with E-state index in [1.165, 1.54) is 30.1 Å². The van der Waals surface area contributed by atoms with E-state index in [0.717, 1.165) is 31.8 Å². The minimum Gasteiger partial charge on any atom is -0.332 e. The Morgan fingerprint density at radius 1 is 1.53 bits per heavy atom. The van der Waals surface area contributed by atoms with Gasteiger partial charge in [-0.15, -0.1) is 0 Å². The smallest absolute Gasteiger partial charge is 0.108 e. The summed E-state index contributed by atoms with van der Waals surface area (Å²) in [7, 11) is 0. The van der Waals surface area contributed by atoms with Crippen molar-refractivity contribution in [3.63, 3.8) is 0 Å². The molecule has 84 valence electrons. The molecule has 0 aliphatic carbocycles. The van der Waals surface area contributed by atoms with Gasteiger partial charge in [0, 0.05) is 18.7 Å². The fourth-order valence-electron chi connectivity index (χ4n) is 2.63. The van der Waals surface area contributed by atoms with Crippen molar-refractivity contribution in [1.29, 1.82) is 0 Å². The zero-order chi connectivity index (χ0) is 10.8. The molecule has 1 atom stereocenters. The van der Waals surface area contributed by atoms with Crippen LogP contribution in [0.2, 0.25) is 0 Å². The van der Waals surface area contributed by atoms with Gasteiger partial charge in [-0.2, -0.15) is 0 Å². The summed E-state index contributed by atoms with van der Waals surface area (Å²) >= 11 is 0. The van der Waals surface area contributed by atoms with Gasteiger partial charge in [0.25, 0.3) is 0 Å². The van der Waals surface area contributed by atoms with Gasteiger partial charge in [-0.3, -0.25) is 0 Å². The van der Waals surface area contributed by atoms with E-state index >= 15 is 0 Å². The Balaban J connectivity index is 2.22. The van der Waals surface area contributed by atoms with Gasteiger partial charge in [-0.1, -0.05) is 6.92 Å². The summed E-state index contributed by atoms with van der Waals surface area (Å²) in [5.74, 6) is 2.04. The highest BCUT2D eigenvalue weighted by Crippen LogP contribution is 2.26. The van der Waals surface area contributed by atoms with Crippen LogP contribution in [0.1, 0.15) is 37.0 Å². The lowest BCUT2D eigenvalue weighted by Crippen LogP contribution is -2.22. The molecule has 1 unspecified atom stereocenters. The standard InChI is InChI=1S/C12H21N3/c1-3-12-14-9(2)11-8-10(4-6-13)5-7-15(11)12/h10H,3-8,13H2,1-2H3. The summed E-state index contributed by atoms with van der Waals surface area (Å²) in [6, 6.07) is 0. The molecular formula is C12H21N3. The van der Waals surface area contributed by atoms with E-state index in [9.17, 15) is 0 Å². The Bertz CT molecular complexity index is 341. The number of imidazole rings is 1. The van der Waals surface area contributed by atoms with Gasteiger partial charge < -0.3 is 10.3 Å². The van der Waals surface area contributed by atoms with Crippen molar-refractivity contribution in [2.75, 3.05) is 6.54 Å². The number of hydrogen-bond donors (Lipinski definition) is 1. The summed E-state index contributed by atoms with van der Waals surface area (Å²) in [5, 5.41) is 0. The zero-order valence-corrected chi connectivity index (χ0v) is 9.79. The average molecular weight is 207 g/mol. The second-order valence-electron chi connectivity index (χ2n) is 4.50. The lowest BCUT2D eigenvalue weighted by atomic mass is 9.92. The van der Waals surface area contributed by atoms with Crippen molar-refractivity contribution < 1.29 is 0 Å². The van der Waals surface area contributed by atoms with Crippen LogP contribution in [-0.2, 0) is 19.4 Å². The maximum Gasteiger partial charge on any atom is 0.108 e. The molecule has 3 nitrogen and oxygen atoms in total. The first-order valence-electron chi connectivity index (χ1n) is 6.01. The second-order valence-corrected chi connectivity index (χ2v) is 4.50. The maximum absolute atomic E-state index is 5.63. The first-order chi connectivity index (χ1) is 7.26. The molecule has 2 rings (SSSR count). The van der Waals surface area contributed by atoms with Crippen LogP contribution < -0.4 is 5.73 Å². The molecule has 1 aliphatic rings. The number of fused-ring (bicyclic) bond motifs is 1. The molecule has 0 radical (unpaired) electrons. The predicted molar refractivity (Wildman–Crippen MR) is 61.8 cm³/mol. The van der Waals surface area contributed by atoms with E-state index in [0.29, 0.717) is 0 Å². The summed E-state index contributed by atoms with van der Waals surface area (Å²) in [5.41, 5.74) is 8.31. The quantitative estimate of drug-likeness (QED) is 0.819. The van der Waals surface area contributed by atoms with Gasteiger partial charge in [0.1, 0.15) is 5.82 Å². The highest BCUT2D eigenvalue weighted by Gasteiger charge is 2.22. The van der Waals surface area contributed by atoms with E-state index in [1.807, 2.05) is 0 Å². The summed E-state index contributed by atoms with van der Waals surface area (Å²) in [6.07, 6.45) is 4.65. The van der Waals surface area contributed by atoms with Crippen LogP contribution in [0.4, 0.5) is 0 Å². The topological polar surface area (TPSA) is 43.8 Å². The molecule has 2 N–H and O–H groups in total. The van der Waals surface area contributed by atoms with Crippen molar-refractivity contribution in [2.24, 2.45) is 11.7 Å². The Labute approximate surface area is 91.7 Å². The van der Waals surface area contributed by atoms with Crippen LogP contribution in [0.15, 0.2) is 0 Å². The van der Waals surface area contributed by atoms with Gasteiger partial charge in [-0.05, 0) is 38.6 Å². The highest BCUT2D eigenvalue weighted by atomic mass is 15.1. The number of aromatic nitrogens is 2. The third-order valence-electron chi connectivity index (χ3n) is 3.49. The van der Waals surface area contributed by atoms with E-state index in [4.69, 9.17) is 5.73 Å². The number of nitrogens with zero attached hydrogens (tertiary/aromatic N) is 2. The molecule has 1 aliphatic heterocycles. The van der Waals surface area contributed by atoms with Crippen molar-refractivity contribution in [2.45, 2.75) is 46.1 Å². The van der Waals surface area contributed by atoms with Gasteiger partial charge in [0.15, 0.2) is 0 Å². The third kappa shape index (κ3) is 1.93. The Morgan fingerprint density at radius 3 is 3.00 bits per heavy atom. The summed E-state index contributed by atoms with van der Waals surface area (Å²) in [6.45, 7) is 6.28. The summed E-state index contributed by atoms with van der Waals surface area (Å²) in [4.78, 5) is 4.64. The zero-order valence-electron chi connectivity index (χ0n) is 9.79. The molecule has 1 aromatic heterocycles. The molecule has 3 heteroatoms. The molecule has 15 heavy (non-hydrogen) atoms. The Kier molecular flexibility index (Phi) is 3.10. The van der Waals surface area contributed by atoms with Gasteiger partial charge in [-0.25, -0.2) is 4.98 Å². The number of hydrogen-bond acceptors (Lipinski definition) is 2. The maximum atomic E-state index is 5.63. The van der Waals surface area contributed by atoms with Crippen LogP contribution in [0, 0.1) is 12.8 Å². The van der Waals surface area contributed by atoms with E-state index in [2.05, 4.69) is 23.4 Å². The number of aryl methyl sites for hydroxylation is 2. The molecule has 0 saturated heterocycles. The van der Waals surface area contributed by atoms with Crippen LogP contribution in [0.3, 0.4) is 0 Å². The fraction of sp³-hybridized carbons (Fsp3) is 0.750. The van der Waals surface area contributed by atoms with Crippen LogP contribution in [0.25, 0.3) is 0 Å². The van der Waals surface area contributed by atoms with Crippen LogP contribution >= 0.6 is 0 Å². The van der Waals surface area contributed by atoms with Crippen molar-refractivity contribution in [3.8, 4) is 0 Å². The monoisotopic (exact) mass is 207 g/mol. The van der Waals surface area contributed by atoms with Crippen molar-refractivity contribution >= 4 is 0 Å². The molecule has 1 aromatic rings. The normalized spacial score (nSPS) is 20.3. The Hall–Kier alpha value is -0.830. The average Bonchev–Trinajstić information content (AvgIpc) is 2.56. The first kappa shape index (κ1) is 10.7. The highest BCUT2D eigenvalue weighted by molar-refractivity contribution is 5.18. The molecule has 2 heterocycles. The second kappa shape index (κ2) is 4.35. The third-order valence-corrected chi connectivity index (χ3v) is 3.49. The molecule has 0 amide bonds. The molecule has 0 bridgehead atoms. The van der Waals surface area contributed by atoms with E-state index in [-0.39, 0.29) is 0 Å². The Morgan fingerprint density at radius 2 is 2.33 bits per heavy atom. The van der Waals surface area contributed by atoms with Gasteiger partial charge >= 0.3 is 0 Å². The first-order valence-corrected chi connectivity index (χ1v) is 6.01. The number of nitrogens with two attached hydrogens (primary N) is 1. The predicted octanol–water partition coefficient (Wildman–Crippen LogP) is 1.67. The lowest BCUT2D eigenvalue weighted by Gasteiger charge is -2.24. The molecule has 0 aromatic carbocycles. The molecular weight excluding hydrogens is 186 g/mol. The van der Waals surface area contributed by atoms with E-state index in [1.54, 1.807) is 0 Å². The minimum absolute atomic E-state index is 0.780. The largest absolute Gasteiger partial charge is 0.332 e. The molecule has 0 saturated carbocycles. The summed E-state index contributed by atoms with van der Waals surface area (Å²) < 4.78 is 2.42. The van der Waals surface area contributed by atoms with Crippen molar-refractivity contribution in [1.82, 2.24) is 9.55 Å². The van der Waals surface area contributed by atoms with Crippen LogP contribution in [-0.4, -0.2) is 16.1 Å². The SMILES string of the molecule is CCc1nc(C)c2n1CCC(CCN)C2. The minimum atomic E-state index is 0.780. The fourth-order valence-corrected chi connectivity index (χ4v) is 2.63. The van der Waals surface area contributed by atoms with E-state index < -0.39 is 0 Å². The van der Waals surface area contributed by atoms with Crippen LogP contribution in [0.5, 0.6) is 0 Å². The van der Waals surface area contributed by atoms with Gasteiger partial charge in [0.2, 0.25) is 0 Å². The van der Waals surface area contributed by atoms with Crippen molar-refractivity contribution in [3.05, 3.63) is 17.2 Å².